The summed E-state index contributed by atoms with van der Waals surface area (Å²) in [6.45, 7) is 6.38. The van der Waals surface area contributed by atoms with Crippen molar-refractivity contribution in [2.75, 3.05) is 0 Å². The zero-order chi connectivity index (χ0) is 18.1. The van der Waals surface area contributed by atoms with Gasteiger partial charge in [-0.1, -0.05) is 60.2 Å². The van der Waals surface area contributed by atoms with Gasteiger partial charge in [0, 0.05) is 5.56 Å². The van der Waals surface area contributed by atoms with E-state index in [9.17, 15) is 0 Å². The van der Waals surface area contributed by atoms with Crippen LogP contribution in [0.3, 0.4) is 0 Å². The summed E-state index contributed by atoms with van der Waals surface area (Å²) in [5, 5.41) is 4.50. The molecule has 0 saturated heterocycles. The zero-order valence-corrected chi connectivity index (χ0v) is 15.3. The molecule has 0 N–H and O–H groups in total. The monoisotopic (exact) mass is 339 g/mol. The molecule has 26 heavy (non-hydrogen) atoms. The number of hydrogen-bond acceptors (Lipinski definition) is 2. The van der Waals surface area contributed by atoms with Gasteiger partial charge in [0.2, 0.25) is 0 Å². The smallest absolute Gasteiger partial charge is 0.163 e. The largest absolute Gasteiger partial charge is 0.215 e. The van der Waals surface area contributed by atoms with Crippen LogP contribution in [0, 0.1) is 20.8 Å². The lowest BCUT2D eigenvalue weighted by atomic mass is 9.98. The maximum absolute atomic E-state index is 4.50. The predicted octanol–water partition coefficient (Wildman–Crippen LogP) is 5.53. The third kappa shape index (κ3) is 2.92. The first-order valence-corrected chi connectivity index (χ1v) is 8.77. The highest BCUT2D eigenvalue weighted by Crippen LogP contribution is 2.29. The topological polar surface area (TPSA) is 30.7 Å². The van der Waals surface area contributed by atoms with Gasteiger partial charge in [0.05, 0.1) is 5.69 Å². The van der Waals surface area contributed by atoms with Crippen molar-refractivity contribution in [3.05, 3.63) is 89.7 Å². The van der Waals surface area contributed by atoms with Gasteiger partial charge in [-0.2, -0.15) is 5.10 Å². The molecule has 0 unspecified atom stereocenters. The Labute approximate surface area is 154 Å². The van der Waals surface area contributed by atoms with Gasteiger partial charge >= 0.3 is 0 Å². The molecule has 0 aliphatic carbocycles. The van der Waals surface area contributed by atoms with Crippen LogP contribution in [0.25, 0.3) is 28.2 Å². The van der Waals surface area contributed by atoms with E-state index in [1.54, 1.807) is 6.33 Å². The average Bonchev–Trinajstić information content (AvgIpc) is 3.12. The van der Waals surface area contributed by atoms with Gasteiger partial charge in [0.25, 0.3) is 0 Å². The molecule has 0 saturated carbocycles. The van der Waals surface area contributed by atoms with Crippen LogP contribution in [0.4, 0.5) is 0 Å². The summed E-state index contributed by atoms with van der Waals surface area (Å²) in [6.07, 6.45) is 1.62. The molecule has 0 aliphatic heterocycles. The van der Waals surface area contributed by atoms with E-state index in [0.29, 0.717) is 0 Å². The SMILES string of the molecule is Cc1ccc(-c2cc(C)c(-n3ncnc3-c3ccccc3)c(C)c2)cc1. The Balaban J connectivity index is 1.82. The van der Waals surface area contributed by atoms with Crippen LogP contribution in [-0.2, 0) is 0 Å². The molecule has 3 aromatic carbocycles. The molecule has 0 atom stereocenters. The highest BCUT2D eigenvalue weighted by atomic mass is 15.3. The van der Waals surface area contributed by atoms with E-state index in [1.807, 2.05) is 22.9 Å². The number of aromatic nitrogens is 3. The van der Waals surface area contributed by atoms with Gasteiger partial charge in [0.1, 0.15) is 6.33 Å². The quantitative estimate of drug-likeness (QED) is 0.491. The van der Waals surface area contributed by atoms with Gasteiger partial charge in [0.15, 0.2) is 5.82 Å². The minimum absolute atomic E-state index is 0.861. The molecular weight excluding hydrogens is 318 g/mol. The van der Waals surface area contributed by atoms with Crippen LogP contribution < -0.4 is 0 Å². The second-order valence-corrected chi connectivity index (χ2v) is 6.69. The summed E-state index contributed by atoms with van der Waals surface area (Å²) in [5.41, 5.74) is 8.25. The Morgan fingerprint density at radius 1 is 0.692 bits per heavy atom. The third-order valence-corrected chi connectivity index (χ3v) is 4.67. The first-order chi connectivity index (χ1) is 12.6. The lowest BCUT2D eigenvalue weighted by Gasteiger charge is -2.15. The van der Waals surface area contributed by atoms with Crippen LogP contribution in [0.2, 0.25) is 0 Å². The molecule has 0 fully saturated rings. The molecule has 3 heteroatoms. The highest BCUT2D eigenvalue weighted by Gasteiger charge is 2.14. The predicted molar refractivity (Wildman–Crippen MR) is 106 cm³/mol. The van der Waals surface area contributed by atoms with Crippen LogP contribution >= 0.6 is 0 Å². The first-order valence-electron chi connectivity index (χ1n) is 8.77. The van der Waals surface area contributed by atoms with E-state index in [2.05, 4.69) is 79.4 Å². The van der Waals surface area contributed by atoms with Crippen molar-refractivity contribution in [1.82, 2.24) is 14.8 Å². The first kappa shape index (κ1) is 16.3. The molecule has 1 heterocycles. The van der Waals surface area contributed by atoms with Crippen LogP contribution in [0.5, 0.6) is 0 Å². The summed E-state index contributed by atoms with van der Waals surface area (Å²) in [7, 11) is 0. The molecular formula is C23H21N3. The molecule has 0 radical (unpaired) electrons. The molecule has 1 aromatic heterocycles. The summed E-state index contributed by atoms with van der Waals surface area (Å²) in [6, 6.07) is 23.3. The number of aryl methyl sites for hydroxylation is 3. The number of benzene rings is 3. The van der Waals surface area contributed by atoms with Crippen LogP contribution in [0.1, 0.15) is 16.7 Å². The Morgan fingerprint density at radius 2 is 1.35 bits per heavy atom. The normalized spacial score (nSPS) is 10.9. The lowest BCUT2D eigenvalue weighted by Crippen LogP contribution is -2.05. The maximum Gasteiger partial charge on any atom is 0.163 e. The molecule has 4 aromatic rings. The van der Waals surface area contributed by atoms with E-state index < -0.39 is 0 Å². The van der Waals surface area contributed by atoms with Gasteiger partial charge in [-0.3, -0.25) is 0 Å². The number of nitrogens with zero attached hydrogens (tertiary/aromatic N) is 3. The molecule has 0 amide bonds. The average molecular weight is 339 g/mol. The number of rotatable bonds is 3. The van der Waals surface area contributed by atoms with E-state index >= 15 is 0 Å². The van der Waals surface area contributed by atoms with Crippen molar-refractivity contribution < 1.29 is 0 Å². The fourth-order valence-electron chi connectivity index (χ4n) is 3.39. The molecule has 0 bridgehead atoms. The van der Waals surface area contributed by atoms with Crippen molar-refractivity contribution in [2.45, 2.75) is 20.8 Å². The van der Waals surface area contributed by atoms with Crippen molar-refractivity contribution in [3.63, 3.8) is 0 Å². The van der Waals surface area contributed by atoms with Gasteiger partial charge < -0.3 is 0 Å². The second kappa shape index (κ2) is 6.60. The minimum Gasteiger partial charge on any atom is -0.215 e. The van der Waals surface area contributed by atoms with Gasteiger partial charge in [-0.05, 0) is 55.2 Å². The van der Waals surface area contributed by atoms with Crippen molar-refractivity contribution in [2.24, 2.45) is 0 Å². The van der Waals surface area contributed by atoms with Crippen LogP contribution in [0.15, 0.2) is 73.1 Å². The van der Waals surface area contributed by atoms with E-state index in [1.165, 1.54) is 27.8 Å². The molecule has 3 nitrogen and oxygen atoms in total. The third-order valence-electron chi connectivity index (χ3n) is 4.67. The molecule has 4 rings (SSSR count). The van der Waals surface area contributed by atoms with Crippen molar-refractivity contribution in [3.8, 4) is 28.2 Å². The van der Waals surface area contributed by atoms with Gasteiger partial charge in [-0.15, -0.1) is 0 Å². The Morgan fingerprint density at radius 3 is 2.00 bits per heavy atom. The van der Waals surface area contributed by atoms with Crippen molar-refractivity contribution in [1.29, 1.82) is 0 Å². The molecule has 0 aliphatic rings. The summed E-state index contributed by atoms with van der Waals surface area (Å²) in [5.74, 6) is 0.861. The van der Waals surface area contributed by atoms with Gasteiger partial charge in [-0.25, -0.2) is 9.67 Å². The van der Waals surface area contributed by atoms with E-state index in [0.717, 1.165) is 17.1 Å². The highest BCUT2D eigenvalue weighted by molar-refractivity contribution is 5.70. The fraction of sp³-hybridized carbons (Fsp3) is 0.130. The van der Waals surface area contributed by atoms with E-state index in [4.69, 9.17) is 0 Å². The zero-order valence-electron chi connectivity index (χ0n) is 15.3. The second-order valence-electron chi connectivity index (χ2n) is 6.69. The maximum atomic E-state index is 4.50. The summed E-state index contributed by atoms with van der Waals surface area (Å²) < 4.78 is 1.94. The number of hydrogen-bond donors (Lipinski definition) is 0. The van der Waals surface area contributed by atoms with Crippen molar-refractivity contribution >= 4 is 0 Å². The van der Waals surface area contributed by atoms with Crippen LogP contribution in [-0.4, -0.2) is 14.8 Å². The summed E-state index contributed by atoms with van der Waals surface area (Å²) in [4.78, 5) is 4.49. The lowest BCUT2D eigenvalue weighted by molar-refractivity contribution is 0.871. The Bertz CT molecular complexity index is 1020. The summed E-state index contributed by atoms with van der Waals surface area (Å²) >= 11 is 0. The van der Waals surface area contributed by atoms with E-state index in [-0.39, 0.29) is 0 Å². The molecule has 128 valence electrons. The standard InChI is InChI=1S/C23H21N3/c1-16-9-11-19(12-10-16)21-13-17(2)22(18(3)14-21)26-23(24-15-25-26)20-7-5-4-6-8-20/h4-15H,1-3H3. The Hall–Kier alpha value is -3.20. The molecule has 0 spiro atoms. The minimum atomic E-state index is 0.861. The Kier molecular flexibility index (Phi) is 4.13. The fourth-order valence-corrected chi connectivity index (χ4v) is 3.39.